The maximum Gasteiger partial charge on any atom is 0.490 e. The maximum absolute atomic E-state index is 12.4. The second-order valence-corrected chi connectivity index (χ2v) is 7.40. The Bertz CT molecular complexity index is 1040. The number of piperidine rings is 1. The summed E-state index contributed by atoms with van der Waals surface area (Å²) in [4.78, 5) is 23.2. The number of rotatable bonds is 4. The highest BCUT2D eigenvalue weighted by atomic mass is 19.4. The molecule has 0 radical (unpaired) electrons. The number of aromatic nitrogens is 2. The van der Waals surface area contributed by atoms with Crippen LogP contribution >= 0.6 is 0 Å². The van der Waals surface area contributed by atoms with Crippen molar-refractivity contribution in [1.82, 2.24) is 19.8 Å². The molecule has 1 atom stereocenters. The number of amides is 1. The number of carboxylic acids is 1. The first-order valence-corrected chi connectivity index (χ1v) is 9.96. The van der Waals surface area contributed by atoms with E-state index in [0.29, 0.717) is 11.6 Å². The third-order valence-electron chi connectivity index (χ3n) is 5.20. The van der Waals surface area contributed by atoms with Crippen LogP contribution in [0.5, 0.6) is 0 Å². The molecule has 0 saturated carbocycles. The van der Waals surface area contributed by atoms with Crippen LogP contribution in [0.25, 0.3) is 5.52 Å². The molecule has 4 heterocycles. The third kappa shape index (κ3) is 5.67. The number of likely N-dealkylation sites (tertiary alicyclic amines) is 1. The summed E-state index contributed by atoms with van der Waals surface area (Å²) in [6, 6.07) is 8.46. The SMILES string of the molecule is CC(NC1CCN(C(=O)c2ccoc2)CC1)c1cnn2ccccc12.O=C(O)C(F)(F)F. The normalized spacial score (nSPS) is 15.8. The van der Waals surface area contributed by atoms with Gasteiger partial charge >= 0.3 is 12.1 Å². The molecule has 11 heteroatoms. The second-order valence-electron chi connectivity index (χ2n) is 7.40. The molecule has 3 aromatic heterocycles. The van der Waals surface area contributed by atoms with Gasteiger partial charge in [-0.15, -0.1) is 0 Å². The zero-order valence-electron chi connectivity index (χ0n) is 17.2. The number of hydrogen-bond acceptors (Lipinski definition) is 5. The van der Waals surface area contributed by atoms with E-state index >= 15 is 0 Å². The molecule has 172 valence electrons. The van der Waals surface area contributed by atoms with Crippen molar-refractivity contribution in [2.75, 3.05) is 13.1 Å². The topological polar surface area (TPSA) is 100 Å². The monoisotopic (exact) mass is 452 g/mol. The van der Waals surface area contributed by atoms with Crippen LogP contribution in [0.1, 0.15) is 41.7 Å². The number of alkyl halides is 3. The van der Waals surface area contributed by atoms with Crippen molar-refractivity contribution in [3.63, 3.8) is 0 Å². The van der Waals surface area contributed by atoms with Crippen LogP contribution in [0.4, 0.5) is 13.2 Å². The first kappa shape index (κ1) is 23.3. The van der Waals surface area contributed by atoms with Gasteiger partial charge in [0.2, 0.25) is 0 Å². The molecule has 3 aromatic rings. The minimum Gasteiger partial charge on any atom is -0.475 e. The smallest absolute Gasteiger partial charge is 0.475 e. The Morgan fingerprint density at radius 2 is 1.94 bits per heavy atom. The van der Waals surface area contributed by atoms with Gasteiger partial charge in [0.25, 0.3) is 5.91 Å². The van der Waals surface area contributed by atoms with Crippen LogP contribution in [0.3, 0.4) is 0 Å². The number of nitrogens with zero attached hydrogens (tertiary/aromatic N) is 3. The predicted octanol–water partition coefficient (Wildman–Crippen LogP) is 3.52. The number of carboxylic acid groups (broad SMARTS) is 1. The summed E-state index contributed by atoms with van der Waals surface area (Å²) in [6.07, 6.45) is 3.77. The number of furan rings is 1. The fraction of sp³-hybridized carbons (Fsp3) is 0.381. The van der Waals surface area contributed by atoms with E-state index in [0.717, 1.165) is 31.4 Å². The molecule has 0 aromatic carbocycles. The van der Waals surface area contributed by atoms with E-state index in [-0.39, 0.29) is 11.9 Å². The second kappa shape index (κ2) is 9.86. The molecule has 4 rings (SSSR count). The number of pyridine rings is 1. The summed E-state index contributed by atoms with van der Waals surface area (Å²) in [7, 11) is 0. The standard InChI is InChI=1S/C19H22N4O2.C2HF3O2/c1-14(17-12-20-23-8-3-2-4-18(17)23)21-16-5-9-22(10-6-16)19(24)15-7-11-25-13-15;3-2(4,5)1(6)7/h2-4,7-8,11-14,16,21H,5-6,9-10H2,1H3;(H,6,7). The minimum atomic E-state index is -5.08. The number of aliphatic carboxylic acids is 1. The quantitative estimate of drug-likeness (QED) is 0.629. The van der Waals surface area contributed by atoms with E-state index < -0.39 is 12.1 Å². The molecule has 1 aliphatic rings. The number of nitrogens with one attached hydrogen (secondary N) is 1. The summed E-state index contributed by atoms with van der Waals surface area (Å²) in [6.45, 7) is 3.71. The maximum atomic E-state index is 12.4. The zero-order chi connectivity index (χ0) is 23.3. The van der Waals surface area contributed by atoms with Crippen LogP contribution in [-0.4, -0.2) is 56.8 Å². The zero-order valence-corrected chi connectivity index (χ0v) is 17.2. The number of carbonyl (C=O) groups is 2. The van der Waals surface area contributed by atoms with Gasteiger partial charge in [0.1, 0.15) is 6.26 Å². The Labute approximate surface area is 181 Å². The fourth-order valence-electron chi connectivity index (χ4n) is 3.55. The van der Waals surface area contributed by atoms with E-state index in [4.69, 9.17) is 14.3 Å². The largest absolute Gasteiger partial charge is 0.490 e. The Kier molecular flexibility index (Phi) is 7.18. The molecule has 0 bridgehead atoms. The lowest BCUT2D eigenvalue weighted by molar-refractivity contribution is -0.192. The van der Waals surface area contributed by atoms with Crippen molar-refractivity contribution in [2.45, 2.75) is 38.0 Å². The highest BCUT2D eigenvalue weighted by Crippen LogP contribution is 2.22. The van der Waals surface area contributed by atoms with E-state index in [1.54, 1.807) is 12.3 Å². The first-order valence-electron chi connectivity index (χ1n) is 9.96. The van der Waals surface area contributed by atoms with Crippen LogP contribution < -0.4 is 5.32 Å². The fourth-order valence-corrected chi connectivity index (χ4v) is 3.55. The van der Waals surface area contributed by atoms with E-state index in [9.17, 15) is 18.0 Å². The lowest BCUT2D eigenvalue weighted by atomic mass is 10.0. The number of fused-ring (bicyclic) bond motifs is 1. The Morgan fingerprint density at radius 1 is 1.25 bits per heavy atom. The van der Waals surface area contributed by atoms with Gasteiger partial charge in [0.15, 0.2) is 0 Å². The van der Waals surface area contributed by atoms with Crippen molar-refractivity contribution in [3.05, 3.63) is 60.3 Å². The van der Waals surface area contributed by atoms with Crippen LogP contribution in [0.2, 0.25) is 0 Å². The molecule has 8 nitrogen and oxygen atoms in total. The molecular formula is C21H23F3N4O4. The van der Waals surface area contributed by atoms with Gasteiger partial charge < -0.3 is 19.7 Å². The van der Waals surface area contributed by atoms with E-state index in [1.807, 2.05) is 33.9 Å². The minimum absolute atomic E-state index is 0.0582. The Morgan fingerprint density at radius 3 is 2.53 bits per heavy atom. The molecule has 1 fully saturated rings. The van der Waals surface area contributed by atoms with Gasteiger partial charge in [-0.25, -0.2) is 9.31 Å². The van der Waals surface area contributed by atoms with Crippen LogP contribution in [0.15, 0.2) is 53.6 Å². The summed E-state index contributed by atoms with van der Waals surface area (Å²) < 4.78 is 38.6. The van der Waals surface area contributed by atoms with Gasteiger partial charge in [-0.05, 0) is 38.0 Å². The molecule has 1 aliphatic heterocycles. The summed E-state index contributed by atoms with van der Waals surface area (Å²) in [5.41, 5.74) is 2.97. The molecule has 0 aliphatic carbocycles. The highest BCUT2D eigenvalue weighted by molar-refractivity contribution is 5.93. The van der Waals surface area contributed by atoms with Gasteiger partial charge in [-0.1, -0.05) is 6.07 Å². The summed E-state index contributed by atoms with van der Waals surface area (Å²) in [5, 5.41) is 15.2. The third-order valence-corrected chi connectivity index (χ3v) is 5.20. The lowest BCUT2D eigenvalue weighted by Gasteiger charge is -2.33. The van der Waals surface area contributed by atoms with Crippen LogP contribution in [-0.2, 0) is 4.79 Å². The molecule has 1 saturated heterocycles. The molecule has 32 heavy (non-hydrogen) atoms. The van der Waals surface area contributed by atoms with Gasteiger partial charge in [0, 0.05) is 36.9 Å². The van der Waals surface area contributed by atoms with E-state index in [2.05, 4.69) is 23.4 Å². The van der Waals surface area contributed by atoms with Crippen molar-refractivity contribution in [2.24, 2.45) is 0 Å². The molecule has 1 amide bonds. The predicted molar refractivity (Wildman–Crippen MR) is 108 cm³/mol. The first-order chi connectivity index (χ1) is 15.2. The van der Waals surface area contributed by atoms with Crippen molar-refractivity contribution in [1.29, 1.82) is 0 Å². The number of halogens is 3. The molecule has 2 N–H and O–H groups in total. The van der Waals surface area contributed by atoms with E-state index in [1.165, 1.54) is 11.8 Å². The highest BCUT2D eigenvalue weighted by Gasteiger charge is 2.38. The lowest BCUT2D eigenvalue weighted by Crippen LogP contribution is -2.45. The van der Waals surface area contributed by atoms with Gasteiger partial charge in [0.05, 0.1) is 23.5 Å². The molecule has 1 unspecified atom stereocenters. The van der Waals surface area contributed by atoms with Crippen LogP contribution in [0, 0.1) is 0 Å². The average molecular weight is 452 g/mol. The van der Waals surface area contributed by atoms with Gasteiger partial charge in [-0.3, -0.25) is 4.79 Å². The molecule has 0 spiro atoms. The van der Waals surface area contributed by atoms with Crippen molar-refractivity contribution in [3.8, 4) is 0 Å². The average Bonchev–Trinajstić information content (AvgIpc) is 3.44. The number of carbonyl (C=O) groups excluding carboxylic acids is 1. The summed E-state index contributed by atoms with van der Waals surface area (Å²) in [5.74, 6) is -2.70. The van der Waals surface area contributed by atoms with Crippen molar-refractivity contribution >= 4 is 17.4 Å². The van der Waals surface area contributed by atoms with Crippen molar-refractivity contribution < 1.29 is 32.3 Å². The van der Waals surface area contributed by atoms with Gasteiger partial charge in [-0.2, -0.15) is 18.3 Å². The summed E-state index contributed by atoms with van der Waals surface area (Å²) >= 11 is 0. The Hall–Kier alpha value is -3.34. The number of hydrogen-bond donors (Lipinski definition) is 2. The molecular weight excluding hydrogens is 429 g/mol. The Balaban J connectivity index is 0.000000360.